The predicted molar refractivity (Wildman–Crippen MR) is 103 cm³/mol. The fourth-order valence-electron chi connectivity index (χ4n) is 2.85. The molecule has 5 heteroatoms. The van der Waals surface area contributed by atoms with Crippen molar-refractivity contribution in [1.29, 1.82) is 0 Å². The van der Waals surface area contributed by atoms with Gasteiger partial charge in [-0.1, -0.05) is 56.3 Å². The van der Waals surface area contributed by atoms with Gasteiger partial charge in [-0.2, -0.15) is 0 Å². The van der Waals surface area contributed by atoms with Gasteiger partial charge >= 0.3 is 5.97 Å². The Kier molecular flexibility index (Phi) is 5.09. The lowest BCUT2D eigenvalue weighted by Gasteiger charge is -2.26. The van der Waals surface area contributed by atoms with E-state index in [0.717, 1.165) is 17.1 Å². The van der Waals surface area contributed by atoms with Crippen LogP contribution in [-0.4, -0.2) is 16.1 Å². The molecular weight excluding hydrogens is 346 g/mol. The zero-order chi connectivity index (χ0) is 18.7. The van der Waals surface area contributed by atoms with Gasteiger partial charge in [-0.3, -0.25) is 0 Å². The Bertz CT molecular complexity index is 899. The number of aryl methyl sites for hydroxylation is 1. The summed E-state index contributed by atoms with van der Waals surface area (Å²) in [6.07, 6.45) is 0. The highest BCUT2D eigenvalue weighted by atomic mass is 32.1. The highest BCUT2D eigenvalue weighted by Crippen LogP contribution is 2.32. The van der Waals surface area contributed by atoms with Gasteiger partial charge < -0.3 is 9.84 Å². The lowest BCUT2D eigenvalue weighted by molar-refractivity contribution is 0.0701. The minimum Gasteiger partial charge on any atom is -0.486 e. The third-order valence-corrected chi connectivity index (χ3v) is 5.59. The summed E-state index contributed by atoms with van der Waals surface area (Å²) in [5.41, 5.74) is 2.89. The number of hydrogen-bond donors (Lipinski definition) is 1. The Hall–Kier alpha value is -2.66. The number of carboxylic acids is 1. The lowest BCUT2D eigenvalue weighted by atomic mass is 9.78. The molecule has 3 rings (SSSR count). The Morgan fingerprint density at radius 1 is 1.08 bits per heavy atom. The average molecular weight is 367 g/mol. The van der Waals surface area contributed by atoms with Gasteiger partial charge in [0.1, 0.15) is 22.2 Å². The Morgan fingerprint density at radius 3 is 2.27 bits per heavy atom. The first-order valence-corrected chi connectivity index (χ1v) is 9.18. The first-order valence-electron chi connectivity index (χ1n) is 8.36. The van der Waals surface area contributed by atoms with Crippen LogP contribution in [0.1, 0.15) is 45.3 Å². The number of benzene rings is 2. The molecule has 0 unspecified atom stereocenters. The molecule has 0 bridgehead atoms. The van der Waals surface area contributed by atoms with Crippen molar-refractivity contribution in [2.75, 3.05) is 0 Å². The van der Waals surface area contributed by atoms with E-state index in [9.17, 15) is 4.79 Å². The van der Waals surface area contributed by atoms with Crippen molar-refractivity contribution >= 4 is 17.3 Å². The molecule has 0 spiro atoms. The van der Waals surface area contributed by atoms with Crippen LogP contribution in [0, 0.1) is 6.92 Å². The molecule has 134 valence electrons. The normalized spacial score (nSPS) is 11.3. The maximum absolute atomic E-state index is 11.1. The van der Waals surface area contributed by atoms with Crippen LogP contribution in [0.5, 0.6) is 5.75 Å². The number of nitrogens with zero attached hydrogens (tertiary/aromatic N) is 1. The topological polar surface area (TPSA) is 59.4 Å². The molecule has 0 radical (unpaired) electrons. The smallest absolute Gasteiger partial charge is 0.347 e. The van der Waals surface area contributed by atoms with Crippen molar-refractivity contribution < 1.29 is 14.6 Å². The number of thiazole rings is 1. The molecule has 0 atom stereocenters. The summed E-state index contributed by atoms with van der Waals surface area (Å²) in [4.78, 5) is 15.6. The molecule has 1 heterocycles. The van der Waals surface area contributed by atoms with Gasteiger partial charge in [0.05, 0.1) is 5.69 Å². The maximum atomic E-state index is 11.1. The average Bonchev–Trinajstić information content (AvgIpc) is 3.02. The summed E-state index contributed by atoms with van der Waals surface area (Å²) < 4.78 is 5.77. The van der Waals surface area contributed by atoms with E-state index in [2.05, 4.69) is 55.2 Å². The second kappa shape index (κ2) is 7.30. The SMILES string of the molecule is Cc1nc(COc2ccc(C(C)(C)c3ccccc3)cc2)sc1C(=O)O. The first-order chi connectivity index (χ1) is 12.4. The van der Waals surface area contributed by atoms with E-state index in [1.54, 1.807) is 6.92 Å². The fourth-order valence-corrected chi connectivity index (χ4v) is 3.66. The number of ether oxygens (including phenoxy) is 1. The Balaban J connectivity index is 1.70. The van der Waals surface area contributed by atoms with Crippen LogP contribution in [0.2, 0.25) is 0 Å². The van der Waals surface area contributed by atoms with E-state index in [1.165, 1.54) is 11.1 Å². The van der Waals surface area contributed by atoms with E-state index in [1.807, 2.05) is 18.2 Å². The lowest BCUT2D eigenvalue weighted by Crippen LogP contribution is -2.18. The van der Waals surface area contributed by atoms with Crippen molar-refractivity contribution in [3.63, 3.8) is 0 Å². The molecule has 0 aliphatic heterocycles. The largest absolute Gasteiger partial charge is 0.486 e. The second-order valence-corrected chi connectivity index (χ2v) is 7.71. The molecule has 4 nitrogen and oxygen atoms in total. The Morgan fingerprint density at radius 2 is 1.69 bits per heavy atom. The van der Waals surface area contributed by atoms with Gasteiger partial charge in [-0.25, -0.2) is 9.78 Å². The highest BCUT2D eigenvalue weighted by molar-refractivity contribution is 7.13. The van der Waals surface area contributed by atoms with E-state index in [0.29, 0.717) is 10.7 Å². The molecular formula is C21H21NO3S. The molecule has 0 fully saturated rings. The monoisotopic (exact) mass is 367 g/mol. The van der Waals surface area contributed by atoms with Gasteiger partial charge in [0.15, 0.2) is 0 Å². The minimum absolute atomic E-state index is 0.0946. The van der Waals surface area contributed by atoms with Crippen molar-refractivity contribution in [3.05, 3.63) is 81.3 Å². The van der Waals surface area contributed by atoms with Crippen molar-refractivity contribution in [1.82, 2.24) is 4.98 Å². The van der Waals surface area contributed by atoms with E-state index in [4.69, 9.17) is 9.84 Å². The number of aromatic nitrogens is 1. The molecule has 3 aromatic rings. The van der Waals surface area contributed by atoms with Gasteiger partial charge in [-0.05, 0) is 30.2 Å². The molecule has 0 amide bonds. The second-order valence-electron chi connectivity index (χ2n) is 6.63. The first kappa shape index (κ1) is 18.1. The summed E-state index contributed by atoms with van der Waals surface area (Å²) in [5.74, 6) is -0.207. The van der Waals surface area contributed by atoms with Gasteiger partial charge in [0, 0.05) is 5.41 Å². The van der Waals surface area contributed by atoms with Crippen LogP contribution in [0.4, 0.5) is 0 Å². The highest BCUT2D eigenvalue weighted by Gasteiger charge is 2.22. The molecule has 0 aliphatic rings. The third kappa shape index (κ3) is 3.78. The summed E-state index contributed by atoms with van der Waals surface area (Å²) >= 11 is 1.16. The van der Waals surface area contributed by atoms with Gasteiger partial charge in [0.25, 0.3) is 0 Å². The van der Waals surface area contributed by atoms with Crippen LogP contribution >= 0.6 is 11.3 Å². The van der Waals surface area contributed by atoms with Gasteiger partial charge in [0.2, 0.25) is 0 Å². The molecule has 0 saturated heterocycles. The van der Waals surface area contributed by atoms with Crippen molar-refractivity contribution in [3.8, 4) is 5.75 Å². The van der Waals surface area contributed by atoms with Crippen LogP contribution in [0.3, 0.4) is 0 Å². The van der Waals surface area contributed by atoms with Gasteiger partial charge in [-0.15, -0.1) is 11.3 Å². The number of carboxylic acid groups (broad SMARTS) is 1. The van der Waals surface area contributed by atoms with Crippen molar-refractivity contribution in [2.24, 2.45) is 0 Å². The summed E-state index contributed by atoms with van der Waals surface area (Å²) in [7, 11) is 0. The molecule has 0 saturated carbocycles. The number of rotatable bonds is 6. The van der Waals surface area contributed by atoms with Crippen LogP contribution in [-0.2, 0) is 12.0 Å². The van der Waals surface area contributed by atoms with E-state index < -0.39 is 5.97 Å². The number of aromatic carboxylic acids is 1. The molecule has 1 N–H and O–H groups in total. The Labute approximate surface area is 157 Å². The molecule has 0 aliphatic carbocycles. The summed E-state index contributed by atoms with van der Waals surface area (Å²) in [6, 6.07) is 18.4. The number of hydrogen-bond acceptors (Lipinski definition) is 4. The van der Waals surface area contributed by atoms with Crippen LogP contribution in [0.25, 0.3) is 0 Å². The van der Waals surface area contributed by atoms with Crippen LogP contribution in [0.15, 0.2) is 54.6 Å². The zero-order valence-electron chi connectivity index (χ0n) is 15.0. The van der Waals surface area contributed by atoms with E-state index >= 15 is 0 Å². The fraction of sp³-hybridized carbons (Fsp3) is 0.238. The minimum atomic E-state index is -0.946. The van der Waals surface area contributed by atoms with Crippen molar-refractivity contribution in [2.45, 2.75) is 32.8 Å². The summed E-state index contributed by atoms with van der Waals surface area (Å²) in [5, 5.41) is 9.76. The molecule has 1 aromatic heterocycles. The molecule has 26 heavy (non-hydrogen) atoms. The quantitative estimate of drug-likeness (QED) is 0.662. The molecule has 2 aromatic carbocycles. The standard InChI is InChI=1S/C21H21NO3S/c1-14-19(20(23)24)26-18(22-14)13-25-17-11-9-16(10-12-17)21(2,3)15-7-5-4-6-8-15/h4-12H,13H2,1-3H3,(H,23,24). The maximum Gasteiger partial charge on any atom is 0.347 e. The van der Waals surface area contributed by atoms with E-state index in [-0.39, 0.29) is 16.9 Å². The third-order valence-electron chi connectivity index (χ3n) is 4.47. The zero-order valence-corrected chi connectivity index (χ0v) is 15.8. The van der Waals surface area contributed by atoms with Crippen LogP contribution < -0.4 is 4.74 Å². The number of carbonyl (C=O) groups is 1. The predicted octanol–water partition coefficient (Wildman–Crippen LogP) is 5.05. The summed E-state index contributed by atoms with van der Waals surface area (Å²) in [6.45, 7) is 6.36.